The van der Waals surface area contributed by atoms with Gasteiger partial charge in [-0.15, -0.1) is 0 Å². The van der Waals surface area contributed by atoms with E-state index in [0.717, 1.165) is 5.56 Å². The Morgan fingerprint density at radius 1 is 1.13 bits per heavy atom. The van der Waals surface area contributed by atoms with Gasteiger partial charge in [-0.3, -0.25) is 4.79 Å². The van der Waals surface area contributed by atoms with Crippen molar-refractivity contribution in [1.82, 2.24) is 14.5 Å². The first-order valence-corrected chi connectivity index (χ1v) is 12.4. The van der Waals surface area contributed by atoms with Crippen molar-refractivity contribution >= 4 is 22.0 Å². The number of amides is 2. The largest absolute Gasteiger partial charge is 0.445 e. The van der Waals surface area contributed by atoms with E-state index < -0.39 is 27.6 Å². The van der Waals surface area contributed by atoms with E-state index in [1.807, 2.05) is 51.1 Å². The Morgan fingerprint density at radius 3 is 2.32 bits per heavy atom. The van der Waals surface area contributed by atoms with Gasteiger partial charge in [-0.1, -0.05) is 51.1 Å². The van der Waals surface area contributed by atoms with Crippen molar-refractivity contribution in [2.45, 2.75) is 58.7 Å². The molecule has 2 aliphatic rings. The van der Waals surface area contributed by atoms with Crippen LogP contribution in [0.15, 0.2) is 30.3 Å². The molecule has 3 rings (SSSR count). The van der Waals surface area contributed by atoms with E-state index in [2.05, 4.69) is 5.32 Å². The van der Waals surface area contributed by atoms with Crippen molar-refractivity contribution in [1.29, 1.82) is 0 Å². The Balaban J connectivity index is 1.57. The molecule has 1 aromatic carbocycles. The molecule has 0 unspecified atom stereocenters. The van der Waals surface area contributed by atoms with Crippen LogP contribution in [0.1, 0.15) is 45.6 Å². The van der Waals surface area contributed by atoms with E-state index in [1.54, 1.807) is 9.21 Å². The zero-order valence-corrected chi connectivity index (χ0v) is 19.4. The molecule has 1 N–H and O–H groups in total. The molecule has 2 fully saturated rings. The molecule has 1 aromatic rings. The van der Waals surface area contributed by atoms with Crippen LogP contribution < -0.4 is 5.32 Å². The van der Waals surface area contributed by atoms with Crippen molar-refractivity contribution in [3.05, 3.63) is 35.9 Å². The number of likely N-dealkylation sites (tertiary alicyclic amines) is 1. The minimum absolute atomic E-state index is 0.0477. The van der Waals surface area contributed by atoms with Gasteiger partial charge in [0, 0.05) is 25.7 Å². The number of nitrogens with zero attached hydrogens (tertiary/aromatic N) is 2. The van der Waals surface area contributed by atoms with Crippen LogP contribution in [0.4, 0.5) is 4.79 Å². The van der Waals surface area contributed by atoms with E-state index in [1.165, 1.54) is 0 Å². The second-order valence-corrected chi connectivity index (χ2v) is 11.4. The fourth-order valence-electron chi connectivity index (χ4n) is 4.16. The van der Waals surface area contributed by atoms with E-state index in [9.17, 15) is 18.0 Å². The van der Waals surface area contributed by atoms with E-state index in [-0.39, 0.29) is 24.3 Å². The van der Waals surface area contributed by atoms with Gasteiger partial charge < -0.3 is 15.0 Å². The number of piperidine rings is 1. The fourth-order valence-corrected chi connectivity index (χ4v) is 5.96. The molecule has 2 aliphatic heterocycles. The predicted octanol–water partition coefficient (Wildman–Crippen LogP) is 2.35. The number of carbonyl (C=O) groups is 2. The van der Waals surface area contributed by atoms with Gasteiger partial charge in [-0.2, -0.15) is 4.31 Å². The molecule has 0 spiro atoms. The smallest absolute Gasteiger partial charge is 0.408 e. The van der Waals surface area contributed by atoms with Crippen LogP contribution in [-0.4, -0.2) is 67.1 Å². The summed E-state index contributed by atoms with van der Waals surface area (Å²) in [6, 6.07) is 8.58. The second kappa shape index (κ2) is 9.56. The highest BCUT2D eigenvalue weighted by Gasteiger charge is 2.40. The summed E-state index contributed by atoms with van der Waals surface area (Å²) in [4.78, 5) is 27.3. The van der Waals surface area contributed by atoms with Gasteiger partial charge >= 0.3 is 6.09 Å². The molecule has 8 nitrogen and oxygen atoms in total. The Bertz CT molecular complexity index is 874. The molecular formula is C22H33N3O5S. The summed E-state index contributed by atoms with van der Waals surface area (Å²) in [5.41, 5.74) is 0.369. The first-order valence-electron chi connectivity index (χ1n) is 10.8. The Labute approximate surface area is 185 Å². The number of benzene rings is 1. The van der Waals surface area contributed by atoms with Crippen LogP contribution in [0.25, 0.3) is 0 Å². The lowest BCUT2D eigenvalue weighted by Gasteiger charge is -2.39. The number of alkyl carbamates (subject to hydrolysis) is 1. The third-order valence-electron chi connectivity index (χ3n) is 5.91. The summed E-state index contributed by atoms with van der Waals surface area (Å²) in [6.45, 7) is 7.35. The quantitative estimate of drug-likeness (QED) is 0.741. The molecule has 0 bridgehead atoms. The number of hydrogen-bond acceptors (Lipinski definition) is 5. The summed E-state index contributed by atoms with van der Waals surface area (Å²) < 4.78 is 31.3. The zero-order chi connectivity index (χ0) is 22.6. The molecule has 0 radical (unpaired) electrons. The standard InChI is InChI=1S/C22H33N3O5S/c1-22(2,3)19(23-21(27)30-16-17-8-5-4-6-9-17)20(26)24-13-10-18(11-14-24)25-12-7-15-31(25,28)29/h4-6,8-9,18-19H,7,10-16H2,1-3H3,(H,23,27)/t19-/m0/s1. The fraction of sp³-hybridized carbons (Fsp3) is 0.636. The summed E-state index contributed by atoms with van der Waals surface area (Å²) >= 11 is 0. The topological polar surface area (TPSA) is 96.0 Å². The maximum absolute atomic E-state index is 13.2. The lowest BCUT2D eigenvalue weighted by atomic mass is 9.85. The molecule has 31 heavy (non-hydrogen) atoms. The van der Waals surface area contributed by atoms with E-state index in [4.69, 9.17) is 4.74 Å². The number of nitrogens with one attached hydrogen (secondary N) is 1. The molecule has 2 saturated heterocycles. The van der Waals surface area contributed by atoms with Gasteiger partial charge in [0.1, 0.15) is 12.6 Å². The lowest BCUT2D eigenvalue weighted by Crippen LogP contribution is -2.57. The van der Waals surface area contributed by atoms with E-state index >= 15 is 0 Å². The highest BCUT2D eigenvalue weighted by molar-refractivity contribution is 7.89. The van der Waals surface area contributed by atoms with Crippen molar-refractivity contribution < 1.29 is 22.7 Å². The second-order valence-electron chi connectivity index (χ2n) is 9.34. The summed E-state index contributed by atoms with van der Waals surface area (Å²) in [7, 11) is -3.15. The summed E-state index contributed by atoms with van der Waals surface area (Å²) in [5.74, 6) is 0.0552. The van der Waals surface area contributed by atoms with E-state index in [0.29, 0.717) is 38.9 Å². The molecule has 1 atom stereocenters. The minimum Gasteiger partial charge on any atom is -0.445 e. The average molecular weight is 452 g/mol. The first kappa shape index (κ1) is 23.5. The van der Waals surface area contributed by atoms with Crippen molar-refractivity contribution in [2.75, 3.05) is 25.4 Å². The Hall–Kier alpha value is -2.13. The first-order chi connectivity index (χ1) is 14.6. The van der Waals surface area contributed by atoms with Gasteiger partial charge in [0.25, 0.3) is 0 Å². The molecular weight excluding hydrogens is 418 g/mol. The number of rotatable bonds is 5. The van der Waals surface area contributed by atoms with Crippen LogP contribution in [0.5, 0.6) is 0 Å². The maximum atomic E-state index is 13.2. The highest BCUT2D eigenvalue weighted by atomic mass is 32.2. The number of hydrogen-bond donors (Lipinski definition) is 1. The van der Waals surface area contributed by atoms with Crippen molar-refractivity contribution in [3.63, 3.8) is 0 Å². The number of carbonyl (C=O) groups excluding carboxylic acids is 2. The third kappa shape index (κ3) is 5.98. The lowest BCUT2D eigenvalue weighted by molar-refractivity contribution is -0.137. The molecule has 9 heteroatoms. The number of ether oxygens (including phenoxy) is 1. The maximum Gasteiger partial charge on any atom is 0.408 e. The third-order valence-corrected chi connectivity index (χ3v) is 7.91. The molecule has 0 aromatic heterocycles. The van der Waals surface area contributed by atoms with Gasteiger partial charge in [-0.05, 0) is 30.2 Å². The van der Waals surface area contributed by atoms with Crippen LogP contribution in [0, 0.1) is 5.41 Å². The molecule has 0 saturated carbocycles. The van der Waals surface area contributed by atoms with Crippen molar-refractivity contribution in [2.24, 2.45) is 5.41 Å². The minimum atomic E-state index is -3.15. The van der Waals surface area contributed by atoms with Gasteiger partial charge in [0.15, 0.2) is 0 Å². The van der Waals surface area contributed by atoms with Crippen LogP contribution in [0.2, 0.25) is 0 Å². The predicted molar refractivity (Wildman–Crippen MR) is 118 cm³/mol. The SMILES string of the molecule is CC(C)(C)[C@@H](NC(=O)OCc1ccccc1)C(=O)N1CCC(N2CCCS2(=O)=O)CC1. The Morgan fingerprint density at radius 2 is 1.77 bits per heavy atom. The average Bonchev–Trinajstić information content (AvgIpc) is 3.09. The van der Waals surface area contributed by atoms with Crippen LogP contribution in [-0.2, 0) is 26.2 Å². The highest BCUT2D eigenvalue weighted by Crippen LogP contribution is 2.27. The molecule has 0 aliphatic carbocycles. The van der Waals surface area contributed by atoms with Crippen LogP contribution >= 0.6 is 0 Å². The monoisotopic (exact) mass is 451 g/mol. The number of sulfonamides is 1. The van der Waals surface area contributed by atoms with Crippen molar-refractivity contribution in [3.8, 4) is 0 Å². The van der Waals surface area contributed by atoms with Gasteiger partial charge in [0.05, 0.1) is 5.75 Å². The van der Waals surface area contributed by atoms with Crippen LogP contribution in [0.3, 0.4) is 0 Å². The van der Waals surface area contributed by atoms with Gasteiger partial charge in [-0.25, -0.2) is 13.2 Å². The summed E-state index contributed by atoms with van der Waals surface area (Å²) in [5, 5.41) is 2.75. The van der Waals surface area contributed by atoms with Gasteiger partial charge in [0.2, 0.25) is 15.9 Å². The molecule has 2 amide bonds. The zero-order valence-electron chi connectivity index (χ0n) is 18.5. The molecule has 2 heterocycles. The molecule has 172 valence electrons. The summed E-state index contributed by atoms with van der Waals surface area (Å²) in [6.07, 6.45) is 1.26. The Kier molecular flexibility index (Phi) is 7.26. The normalized spacial score (nSPS) is 20.9.